The lowest BCUT2D eigenvalue weighted by Crippen LogP contribution is -2.29. The highest BCUT2D eigenvalue weighted by Gasteiger charge is 2.25. The van der Waals surface area contributed by atoms with Gasteiger partial charge in [0.2, 0.25) is 5.95 Å². The molecule has 1 aromatic heterocycles. The number of para-hydroxylation sites is 1. The number of carbonyl (C=O) groups is 2. The zero-order valence-electron chi connectivity index (χ0n) is 21.3. The molecule has 8 nitrogen and oxygen atoms in total. The van der Waals surface area contributed by atoms with Gasteiger partial charge < -0.3 is 14.2 Å². The molecule has 0 saturated heterocycles. The van der Waals surface area contributed by atoms with E-state index in [-0.39, 0.29) is 12.6 Å². The number of ether oxygens (including phenoxy) is 3. The quantitative estimate of drug-likeness (QED) is 0.333. The second kappa shape index (κ2) is 11.9. The molecule has 1 N–H and O–H groups in total. The Morgan fingerprint density at radius 3 is 2.58 bits per heavy atom. The number of unbranched alkanes of at least 4 members (excludes halogenated alkanes) is 1. The molecule has 0 radical (unpaired) electrons. The number of carbonyl (C=O) groups excluding carboxylic acids is 2. The number of amides is 1. The first-order valence-electron chi connectivity index (χ1n) is 11.7. The molecular formula is C28H31N3O5. The number of nitrogens with zero attached hydrogens (tertiary/aromatic N) is 2. The molecule has 0 unspecified atom stereocenters. The summed E-state index contributed by atoms with van der Waals surface area (Å²) in [6.45, 7) is 7.57. The number of rotatable bonds is 6. The lowest BCUT2D eigenvalue weighted by molar-refractivity contribution is 0.0543. The maximum Gasteiger partial charge on any atom is 0.421 e. The molecule has 0 bridgehead atoms. The SMILES string of the molecule is CCCCOC(=O)Nc1ncc(-c2cccc(C#Cc3ccccc3OC)c2)n1C(=O)OC(C)(C)C. The number of aromatic nitrogens is 2. The molecule has 0 aliphatic heterocycles. The van der Waals surface area contributed by atoms with Gasteiger partial charge in [-0.15, -0.1) is 0 Å². The van der Waals surface area contributed by atoms with Crippen LogP contribution in [0.5, 0.6) is 5.75 Å². The summed E-state index contributed by atoms with van der Waals surface area (Å²) in [7, 11) is 1.60. The fourth-order valence-electron chi connectivity index (χ4n) is 3.22. The predicted octanol–water partition coefficient (Wildman–Crippen LogP) is 6.09. The first kappa shape index (κ1) is 26.4. The zero-order chi connectivity index (χ0) is 26.1. The number of methoxy groups -OCH3 is 1. The third kappa shape index (κ3) is 7.12. The summed E-state index contributed by atoms with van der Waals surface area (Å²) >= 11 is 0. The van der Waals surface area contributed by atoms with E-state index in [0.29, 0.717) is 17.0 Å². The topological polar surface area (TPSA) is 91.7 Å². The molecule has 1 amide bonds. The highest BCUT2D eigenvalue weighted by Crippen LogP contribution is 2.26. The molecule has 8 heteroatoms. The van der Waals surface area contributed by atoms with Gasteiger partial charge in [-0.1, -0.05) is 49.5 Å². The van der Waals surface area contributed by atoms with Crippen molar-refractivity contribution < 1.29 is 23.8 Å². The lowest BCUT2D eigenvalue weighted by Gasteiger charge is -2.21. The largest absolute Gasteiger partial charge is 0.495 e. The lowest BCUT2D eigenvalue weighted by atomic mass is 10.1. The van der Waals surface area contributed by atoms with E-state index >= 15 is 0 Å². The van der Waals surface area contributed by atoms with Gasteiger partial charge in [0.15, 0.2) is 0 Å². The molecule has 0 aliphatic carbocycles. The van der Waals surface area contributed by atoms with Crippen molar-refractivity contribution >= 4 is 18.1 Å². The van der Waals surface area contributed by atoms with Crippen LogP contribution >= 0.6 is 0 Å². The van der Waals surface area contributed by atoms with Crippen molar-refractivity contribution in [2.75, 3.05) is 19.0 Å². The summed E-state index contributed by atoms with van der Waals surface area (Å²) in [5, 5.41) is 2.55. The van der Waals surface area contributed by atoms with Crippen LogP contribution in [0.4, 0.5) is 15.5 Å². The van der Waals surface area contributed by atoms with Crippen LogP contribution < -0.4 is 10.1 Å². The summed E-state index contributed by atoms with van der Waals surface area (Å²) in [5.74, 6) is 6.95. The second-order valence-electron chi connectivity index (χ2n) is 8.93. The predicted molar refractivity (Wildman–Crippen MR) is 138 cm³/mol. The molecule has 3 rings (SSSR count). The maximum atomic E-state index is 13.1. The Morgan fingerprint density at radius 2 is 1.86 bits per heavy atom. The number of imidazole rings is 1. The van der Waals surface area contributed by atoms with Gasteiger partial charge in [0.25, 0.3) is 0 Å². The average Bonchev–Trinajstić information content (AvgIpc) is 3.26. The van der Waals surface area contributed by atoms with Gasteiger partial charge in [-0.05, 0) is 51.5 Å². The minimum absolute atomic E-state index is 0.00579. The third-order valence-corrected chi connectivity index (χ3v) is 4.89. The Labute approximate surface area is 211 Å². The average molecular weight is 490 g/mol. The summed E-state index contributed by atoms with van der Waals surface area (Å²) in [6.07, 6.45) is 1.76. The van der Waals surface area contributed by atoms with Gasteiger partial charge in [-0.2, -0.15) is 0 Å². The molecule has 1 heterocycles. The van der Waals surface area contributed by atoms with Crippen molar-refractivity contribution in [2.45, 2.75) is 46.1 Å². The standard InChI is InChI=1S/C28H31N3O5/c1-6-7-17-35-26(32)30-25-29-19-23(31(25)27(33)36-28(2,3)4)22-13-10-11-20(18-22)15-16-21-12-8-9-14-24(21)34-5/h8-14,18-19H,6-7,17H2,1-5H3,(H,29,30,32). The minimum Gasteiger partial charge on any atom is -0.495 e. The Morgan fingerprint density at radius 1 is 1.08 bits per heavy atom. The van der Waals surface area contributed by atoms with Gasteiger partial charge in [0, 0.05) is 11.1 Å². The van der Waals surface area contributed by atoms with E-state index in [9.17, 15) is 9.59 Å². The number of benzene rings is 2. The van der Waals surface area contributed by atoms with Crippen molar-refractivity contribution in [3.63, 3.8) is 0 Å². The van der Waals surface area contributed by atoms with E-state index < -0.39 is 17.8 Å². The normalized spacial score (nSPS) is 10.7. The molecule has 0 atom stereocenters. The summed E-state index contributed by atoms with van der Waals surface area (Å²) < 4.78 is 17.3. The molecule has 2 aromatic carbocycles. The van der Waals surface area contributed by atoms with E-state index in [1.807, 2.05) is 55.5 Å². The second-order valence-corrected chi connectivity index (χ2v) is 8.93. The van der Waals surface area contributed by atoms with Crippen molar-refractivity contribution in [3.8, 4) is 28.8 Å². The van der Waals surface area contributed by atoms with Gasteiger partial charge >= 0.3 is 12.2 Å². The first-order valence-corrected chi connectivity index (χ1v) is 11.7. The van der Waals surface area contributed by atoms with Gasteiger partial charge in [0.1, 0.15) is 11.4 Å². The molecule has 0 fully saturated rings. The summed E-state index contributed by atoms with van der Waals surface area (Å²) in [4.78, 5) is 29.6. The molecule has 188 valence electrons. The van der Waals surface area contributed by atoms with Crippen LogP contribution in [0.1, 0.15) is 51.7 Å². The maximum absolute atomic E-state index is 13.1. The van der Waals surface area contributed by atoms with Crippen molar-refractivity contribution in [1.29, 1.82) is 0 Å². The van der Waals surface area contributed by atoms with Crippen molar-refractivity contribution in [3.05, 3.63) is 65.9 Å². The number of nitrogens with one attached hydrogen (secondary N) is 1. The van der Waals surface area contributed by atoms with E-state index in [2.05, 4.69) is 22.1 Å². The fraction of sp³-hybridized carbons (Fsp3) is 0.321. The summed E-state index contributed by atoms with van der Waals surface area (Å²) in [6, 6.07) is 14.9. The van der Waals surface area contributed by atoms with Crippen molar-refractivity contribution in [1.82, 2.24) is 9.55 Å². The minimum atomic E-state index is -0.750. The van der Waals surface area contributed by atoms with Crippen LogP contribution in [0.3, 0.4) is 0 Å². The van der Waals surface area contributed by atoms with Crippen LogP contribution in [0, 0.1) is 11.8 Å². The zero-order valence-corrected chi connectivity index (χ0v) is 21.3. The van der Waals surface area contributed by atoms with Gasteiger partial charge in [0.05, 0.1) is 31.2 Å². The molecule has 36 heavy (non-hydrogen) atoms. The Hall–Kier alpha value is -4.25. The highest BCUT2D eigenvalue weighted by atomic mass is 16.6. The van der Waals surface area contributed by atoms with Gasteiger partial charge in [-0.25, -0.2) is 19.1 Å². The number of anilines is 1. The van der Waals surface area contributed by atoms with Gasteiger partial charge in [-0.3, -0.25) is 5.32 Å². The van der Waals surface area contributed by atoms with Crippen LogP contribution in [-0.2, 0) is 9.47 Å². The van der Waals surface area contributed by atoms with Crippen LogP contribution in [0.25, 0.3) is 11.3 Å². The van der Waals surface area contributed by atoms with E-state index in [0.717, 1.165) is 24.0 Å². The van der Waals surface area contributed by atoms with Crippen LogP contribution in [-0.4, -0.2) is 41.1 Å². The highest BCUT2D eigenvalue weighted by molar-refractivity contribution is 5.88. The van der Waals surface area contributed by atoms with Crippen molar-refractivity contribution in [2.24, 2.45) is 0 Å². The molecular weight excluding hydrogens is 458 g/mol. The van der Waals surface area contributed by atoms with E-state index in [1.165, 1.54) is 10.8 Å². The number of hydrogen-bond donors (Lipinski definition) is 1. The van der Waals surface area contributed by atoms with Crippen LogP contribution in [0.15, 0.2) is 54.7 Å². The van der Waals surface area contributed by atoms with E-state index in [4.69, 9.17) is 14.2 Å². The van der Waals surface area contributed by atoms with Crippen LogP contribution in [0.2, 0.25) is 0 Å². The number of hydrogen-bond acceptors (Lipinski definition) is 6. The molecule has 3 aromatic rings. The first-order chi connectivity index (χ1) is 17.2. The molecule has 0 saturated carbocycles. The smallest absolute Gasteiger partial charge is 0.421 e. The summed E-state index contributed by atoms with van der Waals surface area (Å²) in [5.41, 5.74) is 1.85. The Kier molecular flexibility index (Phi) is 8.74. The molecule has 0 aliphatic rings. The fourth-order valence-corrected chi connectivity index (χ4v) is 3.22. The molecule has 0 spiro atoms. The monoisotopic (exact) mass is 489 g/mol. The Balaban J connectivity index is 1.96. The van der Waals surface area contributed by atoms with E-state index in [1.54, 1.807) is 27.9 Å². The Bertz CT molecular complexity index is 1280. The third-order valence-electron chi connectivity index (χ3n) is 4.89.